The number of hydrogen-bond acceptors (Lipinski definition) is 0. The zero-order chi connectivity index (χ0) is 14.8. The Balaban J connectivity index is 2.14. The van der Waals surface area contributed by atoms with Crippen LogP contribution in [-0.2, 0) is 11.8 Å². The van der Waals surface area contributed by atoms with Gasteiger partial charge in [-0.3, -0.25) is 0 Å². The van der Waals surface area contributed by atoms with Crippen LogP contribution in [0.25, 0.3) is 0 Å². The molecule has 0 saturated heterocycles. The zero-order valence-corrected chi connectivity index (χ0v) is 14.5. The summed E-state index contributed by atoms with van der Waals surface area (Å²) < 4.78 is 0. The SMILES string of the molecule is CC(C)(C)c1ccc(C(Br)Cc2ccccc2Cl)cc1. The molecular formula is C18H20BrCl. The number of hydrogen-bond donors (Lipinski definition) is 0. The molecule has 0 aromatic heterocycles. The van der Waals surface area contributed by atoms with Gasteiger partial charge in [-0.1, -0.05) is 90.8 Å². The second kappa shape index (κ2) is 6.32. The molecule has 0 bridgehead atoms. The molecule has 20 heavy (non-hydrogen) atoms. The standard InChI is InChI=1S/C18H20BrCl/c1-18(2,3)15-10-8-13(9-11-15)16(19)12-14-6-4-5-7-17(14)20/h4-11,16H,12H2,1-3H3. The lowest BCUT2D eigenvalue weighted by molar-refractivity contribution is 0.590. The second-order valence-electron chi connectivity index (χ2n) is 6.14. The van der Waals surface area contributed by atoms with Crippen molar-refractivity contribution in [1.82, 2.24) is 0 Å². The molecule has 0 radical (unpaired) electrons. The summed E-state index contributed by atoms with van der Waals surface area (Å²) in [5.41, 5.74) is 4.02. The Labute approximate surface area is 135 Å². The molecule has 0 aliphatic rings. The fraction of sp³-hybridized carbons (Fsp3) is 0.333. The molecule has 0 N–H and O–H groups in total. The van der Waals surface area contributed by atoms with Crippen LogP contribution in [0.4, 0.5) is 0 Å². The van der Waals surface area contributed by atoms with Crippen molar-refractivity contribution in [3.63, 3.8) is 0 Å². The van der Waals surface area contributed by atoms with Crippen molar-refractivity contribution in [3.05, 3.63) is 70.2 Å². The van der Waals surface area contributed by atoms with Crippen molar-refractivity contribution in [2.45, 2.75) is 37.4 Å². The van der Waals surface area contributed by atoms with Crippen LogP contribution in [-0.4, -0.2) is 0 Å². The molecule has 0 saturated carbocycles. The summed E-state index contributed by atoms with van der Waals surface area (Å²) in [6.45, 7) is 6.70. The van der Waals surface area contributed by atoms with Crippen LogP contribution in [0.15, 0.2) is 48.5 Å². The lowest BCUT2D eigenvalue weighted by atomic mass is 9.86. The summed E-state index contributed by atoms with van der Waals surface area (Å²) >= 11 is 9.99. The largest absolute Gasteiger partial charge is 0.0840 e. The second-order valence-corrected chi connectivity index (χ2v) is 7.65. The van der Waals surface area contributed by atoms with Gasteiger partial charge in [-0.25, -0.2) is 0 Å². The first-order chi connectivity index (χ1) is 9.38. The van der Waals surface area contributed by atoms with Crippen LogP contribution in [0, 0.1) is 0 Å². The van der Waals surface area contributed by atoms with Gasteiger partial charge in [0.15, 0.2) is 0 Å². The minimum absolute atomic E-state index is 0.197. The highest BCUT2D eigenvalue weighted by molar-refractivity contribution is 9.09. The van der Waals surface area contributed by atoms with Crippen molar-refractivity contribution >= 4 is 27.5 Å². The average Bonchev–Trinajstić information content (AvgIpc) is 2.40. The highest BCUT2D eigenvalue weighted by Gasteiger charge is 2.15. The Kier molecular flexibility index (Phi) is 4.93. The first-order valence-electron chi connectivity index (χ1n) is 6.86. The van der Waals surface area contributed by atoms with Crippen LogP contribution >= 0.6 is 27.5 Å². The minimum atomic E-state index is 0.197. The molecule has 0 aliphatic heterocycles. The molecule has 2 aromatic carbocycles. The molecule has 0 fully saturated rings. The minimum Gasteiger partial charge on any atom is -0.0840 e. The van der Waals surface area contributed by atoms with E-state index in [-0.39, 0.29) is 10.2 Å². The highest BCUT2D eigenvalue weighted by atomic mass is 79.9. The maximum absolute atomic E-state index is 6.22. The number of benzene rings is 2. The van der Waals surface area contributed by atoms with Gasteiger partial charge in [-0.15, -0.1) is 0 Å². The van der Waals surface area contributed by atoms with E-state index in [9.17, 15) is 0 Å². The Bertz CT molecular complexity index is 567. The summed E-state index contributed by atoms with van der Waals surface area (Å²) in [4.78, 5) is 0.288. The molecule has 2 heteroatoms. The van der Waals surface area contributed by atoms with E-state index < -0.39 is 0 Å². The van der Waals surface area contributed by atoms with E-state index in [4.69, 9.17) is 11.6 Å². The molecule has 0 spiro atoms. The third kappa shape index (κ3) is 3.86. The third-order valence-electron chi connectivity index (χ3n) is 3.50. The van der Waals surface area contributed by atoms with Crippen LogP contribution in [0.5, 0.6) is 0 Å². The van der Waals surface area contributed by atoms with Gasteiger partial charge in [0.05, 0.1) is 0 Å². The van der Waals surface area contributed by atoms with Crippen LogP contribution in [0.3, 0.4) is 0 Å². The Morgan fingerprint density at radius 2 is 1.60 bits per heavy atom. The monoisotopic (exact) mass is 350 g/mol. The Hall–Kier alpha value is -0.790. The van der Waals surface area contributed by atoms with Gasteiger partial charge in [0.2, 0.25) is 0 Å². The molecular weight excluding hydrogens is 332 g/mol. The smallest absolute Gasteiger partial charge is 0.0438 e. The van der Waals surface area contributed by atoms with Gasteiger partial charge in [-0.05, 0) is 34.6 Å². The van der Waals surface area contributed by atoms with E-state index in [1.54, 1.807) is 0 Å². The van der Waals surface area contributed by atoms with E-state index in [0.717, 1.165) is 11.4 Å². The van der Waals surface area contributed by atoms with Crippen LogP contribution < -0.4 is 0 Å². The normalized spacial score (nSPS) is 13.2. The maximum atomic E-state index is 6.22. The number of alkyl halides is 1. The van der Waals surface area contributed by atoms with Crippen LogP contribution in [0.1, 0.15) is 42.3 Å². The Morgan fingerprint density at radius 3 is 2.15 bits per heavy atom. The molecule has 0 heterocycles. The summed E-state index contributed by atoms with van der Waals surface area (Å²) in [5, 5.41) is 0.836. The van der Waals surface area contributed by atoms with Crippen molar-refractivity contribution in [2.75, 3.05) is 0 Å². The van der Waals surface area contributed by atoms with Crippen LogP contribution in [0.2, 0.25) is 5.02 Å². The topological polar surface area (TPSA) is 0 Å². The van der Waals surface area contributed by atoms with Crippen molar-refractivity contribution in [1.29, 1.82) is 0 Å². The van der Waals surface area contributed by atoms with E-state index in [2.05, 4.69) is 67.0 Å². The fourth-order valence-corrected chi connectivity index (χ4v) is 3.03. The van der Waals surface area contributed by atoms with Gasteiger partial charge in [0.1, 0.15) is 0 Å². The lowest BCUT2D eigenvalue weighted by Crippen LogP contribution is -2.10. The third-order valence-corrected chi connectivity index (χ3v) is 4.72. The van der Waals surface area contributed by atoms with Gasteiger partial charge in [0, 0.05) is 9.85 Å². The molecule has 0 nitrogen and oxygen atoms in total. The molecule has 1 unspecified atom stereocenters. The van der Waals surface area contributed by atoms with Crippen molar-refractivity contribution in [2.24, 2.45) is 0 Å². The first-order valence-corrected chi connectivity index (χ1v) is 8.15. The molecule has 0 aliphatic carbocycles. The molecule has 0 amide bonds. The van der Waals surface area contributed by atoms with Crippen molar-refractivity contribution in [3.8, 4) is 0 Å². The molecule has 2 aromatic rings. The predicted molar refractivity (Wildman–Crippen MR) is 92.0 cm³/mol. The first kappa shape index (κ1) is 15.6. The summed E-state index contributed by atoms with van der Waals surface area (Å²) in [6.07, 6.45) is 0.897. The average molecular weight is 352 g/mol. The van der Waals surface area contributed by atoms with Gasteiger partial charge in [0.25, 0.3) is 0 Å². The highest BCUT2D eigenvalue weighted by Crippen LogP contribution is 2.31. The van der Waals surface area contributed by atoms with E-state index in [1.807, 2.05) is 18.2 Å². The summed E-state index contributed by atoms with van der Waals surface area (Å²) in [5.74, 6) is 0. The molecule has 2 rings (SSSR count). The van der Waals surface area contributed by atoms with E-state index in [0.29, 0.717) is 0 Å². The zero-order valence-electron chi connectivity index (χ0n) is 12.2. The number of halogens is 2. The van der Waals surface area contributed by atoms with E-state index in [1.165, 1.54) is 16.7 Å². The fourth-order valence-electron chi connectivity index (χ4n) is 2.17. The summed E-state index contributed by atoms with van der Waals surface area (Å²) in [6, 6.07) is 16.9. The molecule has 1 atom stereocenters. The molecule has 106 valence electrons. The number of rotatable bonds is 3. The van der Waals surface area contributed by atoms with E-state index >= 15 is 0 Å². The summed E-state index contributed by atoms with van der Waals surface area (Å²) in [7, 11) is 0. The van der Waals surface area contributed by atoms with Crippen molar-refractivity contribution < 1.29 is 0 Å². The van der Waals surface area contributed by atoms with Gasteiger partial charge in [-0.2, -0.15) is 0 Å². The quantitative estimate of drug-likeness (QED) is 0.568. The Morgan fingerprint density at radius 1 is 1.00 bits per heavy atom. The van der Waals surface area contributed by atoms with Gasteiger partial charge >= 0.3 is 0 Å². The van der Waals surface area contributed by atoms with Gasteiger partial charge < -0.3 is 0 Å². The maximum Gasteiger partial charge on any atom is 0.0438 e. The predicted octanol–water partition coefficient (Wildman–Crippen LogP) is 6.32. The lowest BCUT2D eigenvalue weighted by Gasteiger charge is -2.20.